The van der Waals surface area contributed by atoms with Crippen LogP contribution in [0.2, 0.25) is 0 Å². The van der Waals surface area contributed by atoms with Gasteiger partial charge in [0.15, 0.2) is 5.41 Å². The van der Waals surface area contributed by atoms with Gasteiger partial charge in [0.25, 0.3) is 0 Å². The average molecular weight is 366 g/mol. The predicted molar refractivity (Wildman–Crippen MR) is 75.1 cm³/mol. The summed E-state index contributed by atoms with van der Waals surface area (Å²) < 4.78 is 40.9. The molecule has 116 valence electrons. The Labute approximate surface area is 128 Å². The van der Waals surface area contributed by atoms with E-state index in [4.69, 9.17) is 0 Å². The van der Waals surface area contributed by atoms with E-state index in [1.165, 1.54) is 0 Å². The van der Waals surface area contributed by atoms with Crippen molar-refractivity contribution in [3.63, 3.8) is 0 Å². The Morgan fingerprint density at radius 2 is 2.19 bits per heavy atom. The van der Waals surface area contributed by atoms with Crippen LogP contribution in [0, 0.1) is 18.3 Å². The van der Waals surface area contributed by atoms with Gasteiger partial charge in [-0.05, 0) is 37.1 Å². The van der Waals surface area contributed by atoms with E-state index in [1.807, 2.05) is 6.92 Å². The molecule has 1 aliphatic heterocycles. The van der Waals surface area contributed by atoms with Crippen molar-refractivity contribution in [3.05, 3.63) is 33.8 Å². The molecule has 0 aliphatic carbocycles. The molecule has 0 bridgehead atoms. The van der Waals surface area contributed by atoms with Crippen LogP contribution in [0.25, 0.3) is 0 Å². The molecule has 2 atom stereocenters. The highest BCUT2D eigenvalue weighted by molar-refractivity contribution is 9.10. The van der Waals surface area contributed by atoms with Crippen molar-refractivity contribution >= 4 is 21.9 Å². The molecule has 0 amide bonds. The number of aliphatic carboxylic acids is 1. The van der Waals surface area contributed by atoms with Gasteiger partial charge in [0, 0.05) is 16.9 Å². The first-order chi connectivity index (χ1) is 9.68. The molecule has 3 nitrogen and oxygen atoms in total. The van der Waals surface area contributed by atoms with Gasteiger partial charge in [-0.1, -0.05) is 28.1 Å². The Hall–Kier alpha value is -1.08. The summed E-state index contributed by atoms with van der Waals surface area (Å²) in [5.41, 5.74) is -1.10. The number of carbonyl (C=O) groups is 1. The molecule has 0 spiro atoms. The number of alkyl halides is 3. The lowest BCUT2D eigenvalue weighted by atomic mass is 9.74. The van der Waals surface area contributed by atoms with Crippen LogP contribution < -0.4 is 5.32 Å². The number of benzene rings is 1. The zero-order chi connectivity index (χ0) is 15.8. The largest absolute Gasteiger partial charge is 0.481 e. The lowest BCUT2D eigenvalue weighted by Gasteiger charge is -2.32. The second-order valence-corrected chi connectivity index (χ2v) is 6.24. The summed E-state index contributed by atoms with van der Waals surface area (Å²) >= 11 is 3.33. The summed E-state index contributed by atoms with van der Waals surface area (Å²) in [5, 5.41) is 11.8. The molecule has 0 radical (unpaired) electrons. The minimum absolute atomic E-state index is 0.0426. The maximum atomic E-state index is 13.3. The van der Waals surface area contributed by atoms with E-state index in [9.17, 15) is 23.1 Å². The third-order valence-electron chi connectivity index (χ3n) is 4.08. The fourth-order valence-corrected chi connectivity index (χ4v) is 3.08. The quantitative estimate of drug-likeness (QED) is 0.864. The number of aryl methyl sites for hydroxylation is 1. The van der Waals surface area contributed by atoms with Gasteiger partial charge in [0.05, 0.1) is 0 Å². The molecule has 0 aromatic heterocycles. The van der Waals surface area contributed by atoms with Gasteiger partial charge in [-0.2, -0.15) is 13.2 Å². The third kappa shape index (κ3) is 2.81. The van der Waals surface area contributed by atoms with Crippen LogP contribution in [0.1, 0.15) is 11.1 Å². The van der Waals surface area contributed by atoms with Crippen molar-refractivity contribution in [1.82, 2.24) is 5.32 Å². The molecule has 1 aliphatic rings. The van der Waals surface area contributed by atoms with Crippen LogP contribution in [-0.2, 0) is 11.2 Å². The molecule has 2 N–H and O–H groups in total. The van der Waals surface area contributed by atoms with Crippen molar-refractivity contribution in [3.8, 4) is 0 Å². The van der Waals surface area contributed by atoms with Crippen LogP contribution in [0.3, 0.4) is 0 Å². The highest BCUT2D eigenvalue weighted by Crippen LogP contribution is 2.47. The average Bonchev–Trinajstić information content (AvgIpc) is 2.78. The fourth-order valence-electron chi connectivity index (χ4n) is 2.83. The van der Waals surface area contributed by atoms with E-state index in [-0.39, 0.29) is 13.0 Å². The SMILES string of the molecule is Cc1cc(C[C@@H]2CNC[C@]2(C(=O)O)C(F)(F)F)ccc1Br. The first-order valence-electron chi connectivity index (χ1n) is 6.44. The molecule has 1 saturated heterocycles. The minimum atomic E-state index is -4.78. The van der Waals surface area contributed by atoms with Crippen molar-refractivity contribution in [2.45, 2.75) is 19.5 Å². The van der Waals surface area contributed by atoms with Crippen molar-refractivity contribution in [2.24, 2.45) is 11.3 Å². The maximum absolute atomic E-state index is 13.3. The summed E-state index contributed by atoms with van der Waals surface area (Å²) in [6.07, 6.45) is -4.70. The summed E-state index contributed by atoms with van der Waals surface area (Å²) in [6.45, 7) is 1.31. The molecule has 0 unspecified atom stereocenters. The summed E-state index contributed by atoms with van der Waals surface area (Å²) in [6, 6.07) is 5.27. The second-order valence-electron chi connectivity index (χ2n) is 5.39. The Kier molecular flexibility index (Phi) is 4.35. The van der Waals surface area contributed by atoms with Crippen molar-refractivity contribution < 1.29 is 23.1 Å². The van der Waals surface area contributed by atoms with Gasteiger partial charge in [-0.25, -0.2) is 0 Å². The predicted octanol–water partition coefficient (Wildman–Crippen LogP) is 3.15. The zero-order valence-corrected chi connectivity index (χ0v) is 12.9. The summed E-state index contributed by atoms with van der Waals surface area (Å²) in [7, 11) is 0. The second kappa shape index (κ2) is 5.61. The Bertz CT molecular complexity index is 562. The molecular weight excluding hydrogens is 351 g/mol. The van der Waals surface area contributed by atoms with Gasteiger partial charge in [-0.15, -0.1) is 0 Å². The number of hydrogen-bond donors (Lipinski definition) is 2. The molecule has 1 aromatic rings. The molecule has 21 heavy (non-hydrogen) atoms. The number of rotatable bonds is 3. The monoisotopic (exact) mass is 365 g/mol. The number of hydrogen-bond acceptors (Lipinski definition) is 2. The molecule has 0 saturated carbocycles. The molecule has 7 heteroatoms. The minimum Gasteiger partial charge on any atom is -0.481 e. The standard InChI is InChI=1S/C14H15BrF3NO2/c1-8-4-9(2-3-11(8)15)5-10-6-19-7-13(10,12(20)21)14(16,17)18/h2-4,10,19H,5-7H2,1H3,(H,20,21)/t10-,13+/m1/s1. The highest BCUT2D eigenvalue weighted by atomic mass is 79.9. The number of halogens is 4. The van der Waals surface area contributed by atoms with E-state index in [0.29, 0.717) is 5.56 Å². The molecule has 1 heterocycles. The number of nitrogens with one attached hydrogen (secondary N) is 1. The third-order valence-corrected chi connectivity index (χ3v) is 4.97. The molecular formula is C14H15BrF3NO2. The van der Waals surface area contributed by atoms with Gasteiger partial charge in [0.1, 0.15) is 0 Å². The molecule has 1 fully saturated rings. The number of carboxylic acids is 1. The van der Waals surface area contributed by atoms with E-state index in [0.717, 1.165) is 10.0 Å². The van der Waals surface area contributed by atoms with E-state index in [1.54, 1.807) is 18.2 Å². The first kappa shape index (κ1) is 16.3. The van der Waals surface area contributed by atoms with E-state index in [2.05, 4.69) is 21.2 Å². The first-order valence-corrected chi connectivity index (χ1v) is 7.23. The highest BCUT2D eigenvalue weighted by Gasteiger charge is 2.66. The zero-order valence-electron chi connectivity index (χ0n) is 11.3. The number of carboxylic acid groups (broad SMARTS) is 1. The topological polar surface area (TPSA) is 49.3 Å². The van der Waals surface area contributed by atoms with Crippen LogP contribution >= 0.6 is 15.9 Å². The van der Waals surface area contributed by atoms with Gasteiger partial charge < -0.3 is 10.4 Å². The van der Waals surface area contributed by atoms with E-state index >= 15 is 0 Å². The van der Waals surface area contributed by atoms with Crippen molar-refractivity contribution in [2.75, 3.05) is 13.1 Å². The van der Waals surface area contributed by atoms with Crippen LogP contribution in [0.5, 0.6) is 0 Å². The normalized spacial score (nSPS) is 26.0. The molecule has 2 rings (SSSR count). The van der Waals surface area contributed by atoms with Crippen LogP contribution in [-0.4, -0.2) is 30.3 Å². The van der Waals surface area contributed by atoms with Gasteiger partial charge in [-0.3, -0.25) is 4.79 Å². The van der Waals surface area contributed by atoms with Crippen LogP contribution in [0.4, 0.5) is 13.2 Å². The summed E-state index contributed by atoms with van der Waals surface area (Å²) in [5.74, 6) is -2.82. The Balaban J connectivity index is 2.33. The Morgan fingerprint density at radius 1 is 1.52 bits per heavy atom. The van der Waals surface area contributed by atoms with E-state index < -0.39 is 30.0 Å². The molecule has 1 aromatic carbocycles. The lowest BCUT2D eigenvalue weighted by Crippen LogP contribution is -2.51. The maximum Gasteiger partial charge on any atom is 0.406 e. The smallest absolute Gasteiger partial charge is 0.406 e. The fraction of sp³-hybridized carbons (Fsp3) is 0.500. The lowest BCUT2D eigenvalue weighted by molar-refractivity contribution is -0.236. The van der Waals surface area contributed by atoms with Gasteiger partial charge in [0.2, 0.25) is 0 Å². The van der Waals surface area contributed by atoms with Gasteiger partial charge >= 0.3 is 12.1 Å². The van der Waals surface area contributed by atoms with Crippen molar-refractivity contribution in [1.29, 1.82) is 0 Å². The summed E-state index contributed by atoms with van der Waals surface area (Å²) in [4.78, 5) is 11.3. The Morgan fingerprint density at radius 3 is 2.71 bits per heavy atom. The van der Waals surface area contributed by atoms with Crippen LogP contribution in [0.15, 0.2) is 22.7 Å².